The third-order valence-corrected chi connectivity index (χ3v) is 11.3. The van der Waals surface area contributed by atoms with Crippen molar-refractivity contribution in [1.82, 2.24) is 31.2 Å². The number of amides is 5. The SMILES string of the molecule is COC(=O)[C@H](CCCNC(=O)OC1CC(C)(C)N(O)C(C)(C)C1)NC(=O)[C@@H](NC(=O)[C@@H]1CCCN1C(=O)C(/C=C/[C@H](CC(C)C)NC(=O)OC(C)(C)C)Cc1ccccc1)C(C)C. The van der Waals surface area contributed by atoms with Gasteiger partial charge in [0.2, 0.25) is 17.7 Å². The second-order valence-electron chi connectivity index (χ2n) is 20.0. The minimum atomic E-state index is -1.06. The summed E-state index contributed by atoms with van der Waals surface area (Å²) < 4.78 is 16.2. The van der Waals surface area contributed by atoms with Gasteiger partial charge in [0.15, 0.2) is 0 Å². The van der Waals surface area contributed by atoms with Crippen LogP contribution in [0.25, 0.3) is 0 Å². The van der Waals surface area contributed by atoms with E-state index < -0.39 is 82.8 Å². The van der Waals surface area contributed by atoms with Crippen molar-refractivity contribution in [2.24, 2.45) is 17.8 Å². The maximum Gasteiger partial charge on any atom is 0.408 e. The van der Waals surface area contributed by atoms with Crippen LogP contribution >= 0.6 is 0 Å². The number of hydroxylamine groups is 2. The van der Waals surface area contributed by atoms with Crippen molar-refractivity contribution in [3.8, 4) is 0 Å². The van der Waals surface area contributed by atoms with Gasteiger partial charge in [-0.3, -0.25) is 14.4 Å². The smallest absolute Gasteiger partial charge is 0.408 e. The monoisotopic (exact) mass is 885 g/mol. The Morgan fingerprint density at radius 1 is 0.905 bits per heavy atom. The summed E-state index contributed by atoms with van der Waals surface area (Å²) >= 11 is 0. The molecule has 354 valence electrons. The normalized spacial score (nSPS) is 19.8. The molecule has 1 aromatic carbocycles. The lowest BCUT2D eigenvalue weighted by atomic mass is 9.80. The van der Waals surface area contributed by atoms with Gasteiger partial charge in [-0.15, -0.1) is 0 Å². The van der Waals surface area contributed by atoms with Crippen LogP contribution in [0.1, 0.15) is 127 Å². The van der Waals surface area contributed by atoms with Gasteiger partial charge in [-0.05, 0) is 104 Å². The lowest BCUT2D eigenvalue weighted by molar-refractivity contribution is -0.256. The summed E-state index contributed by atoms with van der Waals surface area (Å²) in [5.41, 5.74) is -0.934. The number of benzene rings is 1. The van der Waals surface area contributed by atoms with Crippen molar-refractivity contribution < 1.29 is 48.2 Å². The highest BCUT2D eigenvalue weighted by molar-refractivity contribution is 5.94. The molecule has 2 saturated heterocycles. The number of hydrogen-bond acceptors (Lipinski definition) is 11. The zero-order valence-electron chi connectivity index (χ0n) is 39.7. The van der Waals surface area contributed by atoms with Gasteiger partial charge in [-0.25, -0.2) is 14.4 Å². The Kier molecular flexibility index (Phi) is 19.5. The largest absolute Gasteiger partial charge is 0.467 e. The van der Waals surface area contributed by atoms with E-state index in [9.17, 15) is 34.0 Å². The summed E-state index contributed by atoms with van der Waals surface area (Å²) in [7, 11) is 1.22. The molecule has 0 aliphatic carbocycles. The summed E-state index contributed by atoms with van der Waals surface area (Å²) in [6.45, 7) is 21.0. The molecular formula is C47H76N6O10. The third kappa shape index (κ3) is 16.7. The minimum absolute atomic E-state index is 0.132. The standard InChI is InChI=1S/C47H76N6O10/c1-30(2)26-34(49-44(59)63-45(5,6)7)23-22-33(27-32-18-14-13-15-19-32)41(56)52-25-17-21-37(52)39(54)51-38(31(3)4)40(55)50-36(42(57)61-12)20-16-24-48-43(58)62-35-28-46(8,9)53(60)47(10,11)29-35/h13-15,18-19,22-23,30-31,33-38,60H,16-17,20-21,24-29H2,1-12H3,(H,48,58)(H,49,59)(H,50,55)(H,51,54)/b23-22+/t33?,34-,36+,37+,38+/m1/s1. The molecule has 3 rings (SSSR count). The molecular weight excluding hydrogens is 809 g/mol. The first-order chi connectivity index (χ1) is 29.3. The molecule has 2 aliphatic rings. The predicted octanol–water partition coefficient (Wildman–Crippen LogP) is 6.05. The van der Waals surface area contributed by atoms with Gasteiger partial charge >= 0.3 is 18.2 Å². The molecule has 1 unspecified atom stereocenters. The van der Waals surface area contributed by atoms with Gasteiger partial charge in [0.05, 0.1) is 19.1 Å². The van der Waals surface area contributed by atoms with Gasteiger partial charge in [-0.2, -0.15) is 5.06 Å². The van der Waals surface area contributed by atoms with Gasteiger partial charge in [-0.1, -0.05) is 70.2 Å². The van der Waals surface area contributed by atoms with Crippen molar-refractivity contribution >= 4 is 35.9 Å². The second kappa shape index (κ2) is 23.3. The average Bonchev–Trinajstić information content (AvgIpc) is 3.67. The number of esters is 1. The number of ether oxygens (including phenoxy) is 3. The number of rotatable bonds is 19. The summed E-state index contributed by atoms with van der Waals surface area (Å²) in [4.78, 5) is 82.2. The Balaban J connectivity index is 1.69. The molecule has 1 aromatic rings. The number of likely N-dealkylation sites (tertiary alicyclic amines) is 1. The Hall–Kier alpha value is -4.70. The van der Waals surface area contributed by atoms with Crippen molar-refractivity contribution in [3.63, 3.8) is 0 Å². The van der Waals surface area contributed by atoms with E-state index in [1.807, 2.05) is 84.0 Å². The van der Waals surface area contributed by atoms with Crippen LogP contribution in [0, 0.1) is 17.8 Å². The number of nitrogens with one attached hydrogen (secondary N) is 4. The first kappa shape index (κ1) is 52.6. The summed E-state index contributed by atoms with van der Waals surface area (Å²) in [5, 5.41) is 23.1. The Morgan fingerprint density at radius 2 is 1.54 bits per heavy atom. The molecule has 2 aliphatic heterocycles. The number of hydrogen-bond donors (Lipinski definition) is 5. The predicted molar refractivity (Wildman–Crippen MR) is 239 cm³/mol. The Bertz CT molecular complexity index is 1710. The fraction of sp³-hybridized carbons (Fsp3) is 0.702. The van der Waals surface area contributed by atoms with Gasteiger partial charge in [0, 0.05) is 37.0 Å². The fourth-order valence-corrected chi connectivity index (χ4v) is 8.43. The average molecular weight is 885 g/mol. The number of carbonyl (C=O) groups excluding carboxylic acids is 6. The molecule has 5 amide bonds. The van der Waals surface area contributed by atoms with E-state index in [0.29, 0.717) is 51.5 Å². The van der Waals surface area contributed by atoms with Gasteiger partial charge < -0.3 is 45.6 Å². The lowest BCUT2D eigenvalue weighted by Crippen LogP contribution is -2.60. The topological polar surface area (TPSA) is 205 Å². The number of nitrogens with zero attached hydrogens (tertiary/aromatic N) is 2. The quantitative estimate of drug-likeness (QED) is 0.0469. The second-order valence-corrected chi connectivity index (χ2v) is 20.0. The number of alkyl carbamates (subject to hydrolysis) is 2. The molecule has 0 spiro atoms. The van der Waals surface area contributed by atoms with Crippen LogP contribution in [-0.4, -0.2) is 118 Å². The molecule has 0 radical (unpaired) electrons. The number of methoxy groups -OCH3 is 1. The molecule has 0 bridgehead atoms. The van der Waals surface area contributed by atoms with Crippen LogP contribution in [0.2, 0.25) is 0 Å². The van der Waals surface area contributed by atoms with Crippen molar-refractivity contribution in [1.29, 1.82) is 0 Å². The van der Waals surface area contributed by atoms with Crippen LogP contribution in [0.3, 0.4) is 0 Å². The molecule has 2 fully saturated rings. The van der Waals surface area contributed by atoms with E-state index >= 15 is 0 Å². The van der Waals surface area contributed by atoms with Gasteiger partial charge in [0.1, 0.15) is 29.8 Å². The summed E-state index contributed by atoms with van der Waals surface area (Å²) in [6, 6.07) is 6.25. The van der Waals surface area contributed by atoms with Crippen LogP contribution < -0.4 is 21.3 Å². The highest BCUT2D eigenvalue weighted by Crippen LogP contribution is 2.38. The maximum atomic E-state index is 14.5. The molecule has 2 heterocycles. The first-order valence-corrected chi connectivity index (χ1v) is 22.5. The van der Waals surface area contributed by atoms with Crippen LogP contribution in [-0.2, 0) is 39.8 Å². The van der Waals surface area contributed by atoms with Crippen molar-refractivity contribution in [3.05, 3.63) is 48.0 Å². The molecule has 63 heavy (non-hydrogen) atoms. The van der Waals surface area contributed by atoms with E-state index in [-0.39, 0.29) is 30.7 Å². The van der Waals surface area contributed by atoms with Gasteiger partial charge in [0.25, 0.3) is 0 Å². The fourth-order valence-electron chi connectivity index (χ4n) is 8.43. The first-order valence-electron chi connectivity index (χ1n) is 22.5. The maximum absolute atomic E-state index is 14.5. The zero-order chi connectivity index (χ0) is 47.3. The summed E-state index contributed by atoms with van der Waals surface area (Å²) in [6.07, 6.45) is 5.35. The van der Waals surface area contributed by atoms with Crippen molar-refractivity contribution in [2.45, 2.75) is 174 Å². The Morgan fingerprint density at radius 3 is 2.11 bits per heavy atom. The highest BCUT2D eigenvalue weighted by atomic mass is 16.6. The molecule has 0 saturated carbocycles. The molecule has 5 atom stereocenters. The molecule has 16 nitrogen and oxygen atoms in total. The molecule has 16 heteroatoms. The van der Waals surface area contributed by atoms with Crippen LogP contribution in [0.4, 0.5) is 9.59 Å². The van der Waals surface area contributed by atoms with Crippen LogP contribution in [0.5, 0.6) is 0 Å². The zero-order valence-corrected chi connectivity index (χ0v) is 39.7. The number of carbonyl (C=O) groups is 6. The molecule has 5 N–H and O–H groups in total. The van der Waals surface area contributed by atoms with E-state index in [0.717, 1.165) is 5.56 Å². The minimum Gasteiger partial charge on any atom is -0.467 e. The van der Waals surface area contributed by atoms with E-state index in [4.69, 9.17) is 14.2 Å². The third-order valence-electron chi connectivity index (χ3n) is 11.3. The van der Waals surface area contributed by atoms with Crippen molar-refractivity contribution in [2.75, 3.05) is 20.2 Å². The summed E-state index contributed by atoms with van der Waals surface area (Å²) in [5.74, 6) is -2.80. The van der Waals surface area contributed by atoms with E-state index in [1.54, 1.807) is 39.5 Å². The van der Waals surface area contributed by atoms with Crippen LogP contribution in [0.15, 0.2) is 42.5 Å². The number of piperidine rings is 1. The Labute approximate surface area is 374 Å². The van der Waals surface area contributed by atoms with E-state index in [2.05, 4.69) is 21.3 Å². The van der Waals surface area contributed by atoms with E-state index in [1.165, 1.54) is 12.2 Å². The molecule has 0 aromatic heterocycles. The highest BCUT2D eigenvalue weighted by Gasteiger charge is 2.46. The lowest BCUT2D eigenvalue weighted by Gasteiger charge is -2.50.